The lowest BCUT2D eigenvalue weighted by Crippen LogP contribution is -2.09. The van der Waals surface area contributed by atoms with Crippen LogP contribution < -0.4 is 0 Å². The van der Waals surface area contributed by atoms with E-state index >= 15 is 0 Å². The number of hydrogen-bond acceptors (Lipinski definition) is 1. The molecule has 3 aromatic carbocycles. The summed E-state index contributed by atoms with van der Waals surface area (Å²) in [5.41, 5.74) is 3.64. The number of hydrogen-bond donors (Lipinski definition) is 0. The lowest BCUT2D eigenvalue weighted by molar-refractivity contribution is -0.137. The van der Waals surface area contributed by atoms with Crippen molar-refractivity contribution in [2.75, 3.05) is 0 Å². The molecule has 1 aliphatic carbocycles. The van der Waals surface area contributed by atoms with Gasteiger partial charge in [-0.15, -0.1) is 0 Å². The van der Waals surface area contributed by atoms with Gasteiger partial charge in [0.1, 0.15) is 0 Å². The van der Waals surface area contributed by atoms with Gasteiger partial charge in [0.25, 0.3) is 0 Å². The molecule has 3 aromatic rings. The normalized spacial score (nSPS) is 13.8. The van der Waals surface area contributed by atoms with Gasteiger partial charge in [0.15, 0.2) is 5.78 Å². The van der Waals surface area contributed by atoms with Gasteiger partial charge >= 0.3 is 6.18 Å². The van der Waals surface area contributed by atoms with Crippen LogP contribution in [-0.4, -0.2) is 5.78 Å². The highest BCUT2D eigenvalue weighted by Crippen LogP contribution is 2.37. The molecule has 1 aliphatic rings. The summed E-state index contributed by atoms with van der Waals surface area (Å²) >= 11 is 0. The van der Waals surface area contributed by atoms with Crippen molar-refractivity contribution < 1.29 is 18.0 Å². The summed E-state index contributed by atoms with van der Waals surface area (Å²) in [5, 5.41) is 1.97. The maximum Gasteiger partial charge on any atom is 0.416 e. The van der Waals surface area contributed by atoms with E-state index in [1.165, 1.54) is 23.3 Å². The zero-order chi connectivity index (χ0) is 18.5. The Bertz CT molecular complexity index is 1010. The molecule has 0 saturated carbocycles. The number of benzene rings is 3. The second kappa shape index (κ2) is 5.97. The van der Waals surface area contributed by atoms with Crippen LogP contribution in [0, 0.1) is 6.92 Å². The number of carbonyl (C=O) groups excluding carboxylic acids is 1. The van der Waals surface area contributed by atoms with E-state index in [1.807, 2.05) is 31.2 Å². The first-order chi connectivity index (χ1) is 12.4. The average Bonchev–Trinajstić information content (AvgIpc) is 3.11. The third-order valence-corrected chi connectivity index (χ3v) is 5.27. The van der Waals surface area contributed by atoms with E-state index in [0.717, 1.165) is 47.7 Å². The van der Waals surface area contributed by atoms with Crippen LogP contribution in [-0.2, 0) is 19.0 Å². The Balaban J connectivity index is 1.88. The summed E-state index contributed by atoms with van der Waals surface area (Å²) in [5.74, 6) is -0.220. The molecule has 132 valence electrons. The summed E-state index contributed by atoms with van der Waals surface area (Å²) in [6.45, 7) is 1.95. The van der Waals surface area contributed by atoms with Crippen LogP contribution in [0.25, 0.3) is 10.8 Å². The summed E-state index contributed by atoms with van der Waals surface area (Å²) in [6, 6.07) is 12.3. The van der Waals surface area contributed by atoms with Crippen LogP contribution in [0.15, 0.2) is 48.5 Å². The van der Waals surface area contributed by atoms with Crippen molar-refractivity contribution in [1.82, 2.24) is 0 Å². The van der Waals surface area contributed by atoms with E-state index in [-0.39, 0.29) is 11.3 Å². The molecule has 0 unspecified atom stereocenters. The fourth-order valence-electron chi connectivity index (χ4n) is 4.02. The van der Waals surface area contributed by atoms with Gasteiger partial charge in [0, 0.05) is 11.1 Å². The summed E-state index contributed by atoms with van der Waals surface area (Å²) in [6.07, 6.45) is -1.39. The summed E-state index contributed by atoms with van der Waals surface area (Å²) < 4.78 is 38.3. The molecule has 0 aliphatic heterocycles. The lowest BCUT2D eigenvalue weighted by atomic mass is 9.87. The monoisotopic (exact) mass is 354 g/mol. The molecule has 0 N–H and O–H groups in total. The predicted molar refractivity (Wildman–Crippen MR) is 95.6 cm³/mol. The molecule has 0 amide bonds. The Morgan fingerprint density at radius 1 is 0.885 bits per heavy atom. The molecular formula is C22H17F3O. The molecule has 0 heterocycles. The Morgan fingerprint density at radius 3 is 2.15 bits per heavy atom. The van der Waals surface area contributed by atoms with Gasteiger partial charge in [0.2, 0.25) is 0 Å². The fourth-order valence-corrected chi connectivity index (χ4v) is 4.02. The van der Waals surface area contributed by atoms with Crippen molar-refractivity contribution >= 4 is 16.6 Å². The molecule has 0 bridgehead atoms. The van der Waals surface area contributed by atoms with E-state index in [4.69, 9.17) is 0 Å². The van der Waals surface area contributed by atoms with Crippen LogP contribution >= 0.6 is 0 Å². The molecule has 4 rings (SSSR count). The maximum atomic E-state index is 13.2. The number of aryl methyl sites for hydroxylation is 1. The summed E-state index contributed by atoms with van der Waals surface area (Å²) in [7, 11) is 0. The molecule has 0 saturated heterocycles. The van der Waals surface area contributed by atoms with Crippen LogP contribution in [0.3, 0.4) is 0 Å². The SMILES string of the molecule is Cc1c2c(c3ccccc3c1C(=O)c1ccc(C(F)(F)F)cc1)CCC2. The topological polar surface area (TPSA) is 17.1 Å². The molecule has 0 fully saturated rings. The first kappa shape index (κ1) is 16.8. The highest BCUT2D eigenvalue weighted by molar-refractivity contribution is 6.18. The van der Waals surface area contributed by atoms with Gasteiger partial charge < -0.3 is 0 Å². The van der Waals surface area contributed by atoms with Crippen LogP contribution in [0.2, 0.25) is 0 Å². The molecule has 26 heavy (non-hydrogen) atoms. The van der Waals surface area contributed by atoms with Crippen molar-refractivity contribution in [3.05, 3.63) is 81.9 Å². The maximum absolute atomic E-state index is 13.2. The molecule has 0 aromatic heterocycles. The van der Waals surface area contributed by atoms with Crippen LogP contribution in [0.5, 0.6) is 0 Å². The van der Waals surface area contributed by atoms with E-state index in [2.05, 4.69) is 0 Å². The Labute approximate surface area is 149 Å². The van der Waals surface area contributed by atoms with E-state index in [1.54, 1.807) is 0 Å². The Hall–Kier alpha value is -2.62. The zero-order valence-electron chi connectivity index (χ0n) is 14.3. The number of ketones is 1. The van der Waals surface area contributed by atoms with Crippen molar-refractivity contribution in [3.8, 4) is 0 Å². The molecule has 0 radical (unpaired) electrons. The van der Waals surface area contributed by atoms with E-state index in [9.17, 15) is 18.0 Å². The number of fused-ring (bicyclic) bond motifs is 3. The highest BCUT2D eigenvalue weighted by atomic mass is 19.4. The number of alkyl halides is 3. The minimum absolute atomic E-state index is 0.220. The average molecular weight is 354 g/mol. The standard InChI is InChI=1S/C22H17F3O/c1-13-16-7-4-8-17(16)18-5-2-3-6-19(18)20(13)21(26)14-9-11-15(12-10-14)22(23,24)25/h2-3,5-6,9-12H,4,7-8H2,1H3. The van der Waals surface area contributed by atoms with Crippen LogP contribution in [0.4, 0.5) is 13.2 Å². The van der Waals surface area contributed by atoms with Gasteiger partial charge in [-0.1, -0.05) is 36.4 Å². The predicted octanol–water partition coefficient (Wildman–Crippen LogP) is 5.89. The number of halogens is 3. The molecule has 1 nitrogen and oxygen atoms in total. The van der Waals surface area contributed by atoms with E-state index in [0.29, 0.717) is 5.56 Å². The molecular weight excluding hydrogens is 337 g/mol. The number of rotatable bonds is 2. The Kier molecular flexibility index (Phi) is 3.87. The lowest BCUT2D eigenvalue weighted by Gasteiger charge is -2.16. The molecule has 0 spiro atoms. The first-order valence-corrected chi connectivity index (χ1v) is 8.63. The molecule has 0 atom stereocenters. The van der Waals surface area contributed by atoms with Gasteiger partial charge in [0.05, 0.1) is 5.56 Å². The number of carbonyl (C=O) groups is 1. The van der Waals surface area contributed by atoms with Crippen molar-refractivity contribution in [2.45, 2.75) is 32.4 Å². The van der Waals surface area contributed by atoms with E-state index < -0.39 is 11.7 Å². The second-order valence-corrected chi connectivity index (χ2v) is 6.76. The van der Waals surface area contributed by atoms with Crippen molar-refractivity contribution in [3.63, 3.8) is 0 Å². The fraction of sp³-hybridized carbons (Fsp3) is 0.227. The van der Waals surface area contributed by atoms with Gasteiger partial charge in [-0.2, -0.15) is 13.2 Å². The van der Waals surface area contributed by atoms with Crippen LogP contribution in [0.1, 0.15) is 44.6 Å². The minimum Gasteiger partial charge on any atom is -0.289 e. The van der Waals surface area contributed by atoms with Gasteiger partial charge in [-0.3, -0.25) is 4.79 Å². The Morgan fingerprint density at radius 2 is 1.50 bits per heavy atom. The highest BCUT2D eigenvalue weighted by Gasteiger charge is 2.30. The van der Waals surface area contributed by atoms with Crippen molar-refractivity contribution in [2.24, 2.45) is 0 Å². The quantitative estimate of drug-likeness (QED) is 0.525. The first-order valence-electron chi connectivity index (χ1n) is 8.63. The molecule has 4 heteroatoms. The summed E-state index contributed by atoms with van der Waals surface area (Å²) in [4.78, 5) is 13.2. The second-order valence-electron chi connectivity index (χ2n) is 6.76. The van der Waals surface area contributed by atoms with Gasteiger partial charge in [-0.25, -0.2) is 0 Å². The third-order valence-electron chi connectivity index (χ3n) is 5.27. The van der Waals surface area contributed by atoms with Gasteiger partial charge in [-0.05, 0) is 65.8 Å². The minimum atomic E-state index is -4.40. The zero-order valence-corrected chi connectivity index (χ0v) is 14.3. The third kappa shape index (κ3) is 2.61. The smallest absolute Gasteiger partial charge is 0.289 e. The van der Waals surface area contributed by atoms with Crippen molar-refractivity contribution in [1.29, 1.82) is 0 Å². The largest absolute Gasteiger partial charge is 0.416 e.